The molecule has 1 heterocycles. The lowest BCUT2D eigenvalue weighted by molar-refractivity contribution is 0.494. The summed E-state index contributed by atoms with van der Waals surface area (Å²) in [5.41, 5.74) is 2.10. The first-order valence-electron chi connectivity index (χ1n) is 7.53. The quantitative estimate of drug-likeness (QED) is 0.778. The molecule has 1 saturated heterocycles. The lowest BCUT2D eigenvalue weighted by atomic mass is 10.0. The Morgan fingerprint density at radius 3 is 2.35 bits per heavy atom. The van der Waals surface area contributed by atoms with Crippen LogP contribution in [0.25, 0.3) is 10.8 Å². The average molecular weight is 262 g/mol. The van der Waals surface area contributed by atoms with E-state index in [1.807, 2.05) is 12.1 Å². The molecule has 2 aromatic carbocycles. The van der Waals surface area contributed by atoms with Crippen molar-refractivity contribution in [3.63, 3.8) is 0 Å². The second kappa shape index (κ2) is 4.52. The predicted octanol–water partition coefficient (Wildman–Crippen LogP) is 3.95. The van der Waals surface area contributed by atoms with E-state index >= 15 is 0 Å². The van der Waals surface area contributed by atoms with E-state index in [9.17, 15) is 5.26 Å². The van der Waals surface area contributed by atoms with Crippen LogP contribution < -0.4 is 4.90 Å². The van der Waals surface area contributed by atoms with Crippen molar-refractivity contribution in [3.8, 4) is 6.07 Å². The highest BCUT2D eigenvalue weighted by Crippen LogP contribution is 2.41. The average Bonchev–Trinajstić information content (AvgIpc) is 3.07. The highest BCUT2D eigenvalue weighted by atomic mass is 15.2. The maximum atomic E-state index is 9.26. The van der Waals surface area contributed by atoms with E-state index in [0.717, 1.165) is 22.8 Å². The van der Waals surface area contributed by atoms with E-state index in [4.69, 9.17) is 0 Å². The van der Waals surface area contributed by atoms with E-state index in [1.165, 1.54) is 43.4 Å². The molecular formula is C18H18N2. The first kappa shape index (κ1) is 11.8. The lowest BCUT2D eigenvalue weighted by Crippen LogP contribution is -2.20. The van der Waals surface area contributed by atoms with Gasteiger partial charge in [0.1, 0.15) is 0 Å². The number of nitrogens with zero attached hydrogens (tertiary/aromatic N) is 2. The molecule has 2 fully saturated rings. The number of hydrogen-bond acceptors (Lipinski definition) is 2. The van der Waals surface area contributed by atoms with Crippen molar-refractivity contribution in [2.24, 2.45) is 11.8 Å². The van der Waals surface area contributed by atoms with Crippen molar-refractivity contribution >= 4 is 16.5 Å². The Morgan fingerprint density at radius 1 is 0.950 bits per heavy atom. The van der Waals surface area contributed by atoms with Crippen LogP contribution in [-0.4, -0.2) is 13.1 Å². The van der Waals surface area contributed by atoms with Gasteiger partial charge in [0.25, 0.3) is 0 Å². The molecule has 4 rings (SSSR count). The normalized spacial score (nSPS) is 24.9. The van der Waals surface area contributed by atoms with Gasteiger partial charge in [-0.2, -0.15) is 5.26 Å². The Kier molecular flexibility index (Phi) is 2.67. The van der Waals surface area contributed by atoms with Crippen LogP contribution in [0, 0.1) is 23.2 Å². The van der Waals surface area contributed by atoms with Crippen LogP contribution in [0.1, 0.15) is 24.8 Å². The number of benzene rings is 2. The summed E-state index contributed by atoms with van der Waals surface area (Å²) in [6, 6.07) is 14.7. The van der Waals surface area contributed by atoms with Crippen LogP contribution >= 0.6 is 0 Å². The Labute approximate surface area is 119 Å². The third-order valence-corrected chi connectivity index (χ3v) is 5.09. The van der Waals surface area contributed by atoms with E-state index in [1.54, 1.807) is 0 Å². The molecule has 1 saturated carbocycles. The van der Waals surface area contributed by atoms with Gasteiger partial charge in [0, 0.05) is 29.5 Å². The Morgan fingerprint density at radius 2 is 1.65 bits per heavy atom. The molecule has 0 radical (unpaired) electrons. The summed E-state index contributed by atoms with van der Waals surface area (Å²) in [5, 5.41) is 11.6. The molecule has 0 amide bonds. The third-order valence-electron chi connectivity index (χ3n) is 5.09. The van der Waals surface area contributed by atoms with Crippen molar-refractivity contribution in [1.29, 1.82) is 5.26 Å². The standard InChI is InChI=1S/C18H18N2/c19-10-13-8-9-18(17-7-2-1-6-16(13)17)20-11-14-4-3-5-15(14)12-20/h1-2,6-9,14-15H,3-5,11-12H2. The maximum absolute atomic E-state index is 9.26. The van der Waals surface area contributed by atoms with Gasteiger partial charge in [-0.05, 0) is 36.8 Å². The molecule has 20 heavy (non-hydrogen) atoms. The molecule has 2 heteroatoms. The van der Waals surface area contributed by atoms with Crippen LogP contribution in [0.5, 0.6) is 0 Å². The fourth-order valence-electron chi connectivity index (χ4n) is 4.09. The molecule has 0 bridgehead atoms. The number of rotatable bonds is 1. The molecule has 0 spiro atoms. The van der Waals surface area contributed by atoms with Gasteiger partial charge >= 0.3 is 0 Å². The minimum absolute atomic E-state index is 0.781. The van der Waals surface area contributed by atoms with Gasteiger partial charge in [-0.15, -0.1) is 0 Å². The summed E-state index contributed by atoms with van der Waals surface area (Å²) in [4.78, 5) is 2.54. The molecule has 1 aliphatic carbocycles. The fraction of sp³-hybridized carbons (Fsp3) is 0.389. The summed E-state index contributed by atoms with van der Waals surface area (Å²) in [7, 11) is 0. The summed E-state index contributed by atoms with van der Waals surface area (Å²) in [6.45, 7) is 2.39. The molecule has 2 atom stereocenters. The highest BCUT2D eigenvalue weighted by Gasteiger charge is 2.36. The Bertz CT molecular complexity index is 686. The molecule has 2 aromatic rings. The van der Waals surface area contributed by atoms with Gasteiger partial charge in [-0.3, -0.25) is 0 Å². The second-order valence-corrected chi connectivity index (χ2v) is 6.15. The van der Waals surface area contributed by atoms with Crippen LogP contribution in [0.4, 0.5) is 5.69 Å². The van der Waals surface area contributed by atoms with Crippen LogP contribution in [0.3, 0.4) is 0 Å². The molecule has 0 N–H and O–H groups in total. The predicted molar refractivity (Wildman–Crippen MR) is 81.7 cm³/mol. The molecule has 2 aliphatic rings. The summed E-state index contributed by atoms with van der Waals surface area (Å²) in [5.74, 6) is 1.79. The Balaban J connectivity index is 1.80. The van der Waals surface area contributed by atoms with E-state index in [2.05, 4.69) is 35.2 Å². The largest absolute Gasteiger partial charge is 0.370 e. The maximum Gasteiger partial charge on any atom is 0.0998 e. The molecule has 2 nitrogen and oxygen atoms in total. The van der Waals surface area contributed by atoms with E-state index in [0.29, 0.717) is 0 Å². The summed E-state index contributed by atoms with van der Waals surface area (Å²) >= 11 is 0. The van der Waals surface area contributed by atoms with Gasteiger partial charge in [0.05, 0.1) is 11.6 Å². The minimum atomic E-state index is 0.781. The number of hydrogen-bond donors (Lipinski definition) is 0. The lowest BCUT2D eigenvalue weighted by Gasteiger charge is -2.22. The smallest absolute Gasteiger partial charge is 0.0998 e. The molecule has 2 unspecified atom stereocenters. The zero-order valence-electron chi connectivity index (χ0n) is 11.5. The van der Waals surface area contributed by atoms with Crippen LogP contribution in [-0.2, 0) is 0 Å². The molecule has 100 valence electrons. The number of anilines is 1. The topological polar surface area (TPSA) is 27.0 Å². The zero-order valence-corrected chi connectivity index (χ0v) is 11.5. The van der Waals surface area contributed by atoms with Crippen molar-refractivity contribution in [2.45, 2.75) is 19.3 Å². The van der Waals surface area contributed by atoms with Gasteiger partial charge < -0.3 is 4.90 Å². The first-order valence-corrected chi connectivity index (χ1v) is 7.53. The highest BCUT2D eigenvalue weighted by molar-refractivity contribution is 5.97. The van der Waals surface area contributed by atoms with Crippen molar-refractivity contribution in [1.82, 2.24) is 0 Å². The van der Waals surface area contributed by atoms with Gasteiger partial charge in [-0.25, -0.2) is 0 Å². The molecule has 0 aromatic heterocycles. The van der Waals surface area contributed by atoms with Crippen LogP contribution in [0.15, 0.2) is 36.4 Å². The SMILES string of the molecule is N#Cc1ccc(N2CC3CCCC3C2)c2ccccc12. The number of fused-ring (bicyclic) bond motifs is 2. The van der Waals surface area contributed by atoms with Gasteiger partial charge in [0.15, 0.2) is 0 Å². The number of nitriles is 1. The van der Waals surface area contributed by atoms with Gasteiger partial charge in [0.2, 0.25) is 0 Å². The monoisotopic (exact) mass is 262 g/mol. The molecular weight excluding hydrogens is 244 g/mol. The van der Waals surface area contributed by atoms with Crippen molar-refractivity contribution in [3.05, 3.63) is 42.0 Å². The second-order valence-electron chi connectivity index (χ2n) is 6.15. The fourth-order valence-corrected chi connectivity index (χ4v) is 4.09. The first-order chi connectivity index (χ1) is 9.86. The third kappa shape index (κ3) is 1.70. The van der Waals surface area contributed by atoms with Crippen molar-refractivity contribution < 1.29 is 0 Å². The zero-order chi connectivity index (χ0) is 13.5. The van der Waals surface area contributed by atoms with E-state index in [-0.39, 0.29) is 0 Å². The van der Waals surface area contributed by atoms with Gasteiger partial charge in [-0.1, -0.05) is 30.7 Å². The van der Waals surface area contributed by atoms with Crippen LogP contribution in [0.2, 0.25) is 0 Å². The van der Waals surface area contributed by atoms with E-state index < -0.39 is 0 Å². The minimum Gasteiger partial charge on any atom is -0.370 e. The van der Waals surface area contributed by atoms with Crippen molar-refractivity contribution in [2.75, 3.05) is 18.0 Å². The molecule has 1 aliphatic heterocycles. The summed E-state index contributed by atoms with van der Waals surface area (Å²) < 4.78 is 0. The Hall–Kier alpha value is -2.01. The summed E-state index contributed by atoms with van der Waals surface area (Å²) in [6.07, 6.45) is 4.21.